The summed E-state index contributed by atoms with van der Waals surface area (Å²) in [5.41, 5.74) is 5.40. The number of hydrogen-bond donors (Lipinski definition) is 1. The van der Waals surface area contributed by atoms with Gasteiger partial charge < -0.3 is 32.8 Å². The third kappa shape index (κ3) is 10.4. The quantitative estimate of drug-likeness (QED) is 0.0934. The zero-order chi connectivity index (χ0) is 44.2. The fraction of sp³-hybridized carbons (Fsp3) is 0.250. The molecule has 0 bridgehead atoms. The van der Waals surface area contributed by atoms with Crippen molar-refractivity contribution in [3.05, 3.63) is 125 Å². The summed E-state index contributed by atoms with van der Waals surface area (Å²) in [6, 6.07) is 22.4. The van der Waals surface area contributed by atoms with Crippen molar-refractivity contribution in [2.75, 3.05) is 0 Å². The number of fused-ring (bicyclic) bond motifs is 1. The number of aryl methyl sites for hydroxylation is 1. The lowest BCUT2D eigenvalue weighted by atomic mass is 9.99. The number of benzene rings is 4. The number of aromatic carboxylic acids is 1. The molecule has 320 valence electrons. The highest BCUT2D eigenvalue weighted by molar-refractivity contribution is 9.08. The minimum Gasteiger partial charge on any atom is -0.489 e. The van der Waals surface area contributed by atoms with Crippen LogP contribution in [-0.2, 0) is 11.9 Å². The minimum absolute atomic E-state index is 0.00179. The van der Waals surface area contributed by atoms with Crippen molar-refractivity contribution in [2.24, 2.45) is 0 Å². The second-order valence-electron chi connectivity index (χ2n) is 14.2. The van der Waals surface area contributed by atoms with Gasteiger partial charge in [0, 0.05) is 39.2 Å². The molecule has 0 saturated carbocycles. The molecule has 3 aromatic heterocycles. The molecule has 0 spiro atoms. The van der Waals surface area contributed by atoms with E-state index in [-0.39, 0.29) is 52.3 Å². The van der Waals surface area contributed by atoms with Crippen LogP contribution in [0.15, 0.2) is 105 Å². The van der Waals surface area contributed by atoms with Crippen LogP contribution in [0.4, 0.5) is 26.3 Å². The molecular weight excluding hydrogens is 878 g/mol. The molecule has 0 radical (unpaired) electrons. The molecule has 1 N–H and O–H groups in total. The van der Waals surface area contributed by atoms with Gasteiger partial charge in [-0.3, -0.25) is 0 Å². The minimum atomic E-state index is -4.86. The summed E-state index contributed by atoms with van der Waals surface area (Å²) >= 11 is 3.33. The number of alkyl halides is 7. The van der Waals surface area contributed by atoms with Crippen molar-refractivity contribution in [3.63, 3.8) is 0 Å². The Labute approximate surface area is 353 Å². The summed E-state index contributed by atoms with van der Waals surface area (Å²) in [6.45, 7) is 9.54. The van der Waals surface area contributed by atoms with Gasteiger partial charge >= 0.3 is 18.7 Å². The number of carboxylic acids is 1. The summed E-state index contributed by atoms with van der Waals surface area (Å²) in [5.74, 6) is -0.0826. The molecule has 0 saturated heterocycles. The predicted octanol–water partition coefficient (Wildman–Crippen LogP) is 13.6. The molecule has 0 aliphatic rings. The average Bonchev–Trinajstić information content (AvgIpc) is 3.93. The zero-order valence-corrected chi connectivity index (χ0v) is 34.7. The first-order chi connectivity index (χ1) is 28.8. The Hall–Kier alpha value is -6.23. The molecule has 61 heavy (non-hydrogen) atoms. The van der Waals surface area contributed by atoms with E-state index in [0.29, 0.717) is 44.8 Å². The number of aromatic nitrogens is 2. The predicted molar refractivity (Wildman–Crippen MR) is 216 cm³/mol. The van der Waals surface area contributed by atoms with Gasteiger partial charge in [-0.05, 0) is 72.1 Å². The first-order valence-corrected chi connectivity index (χ1v) is 19.7. The molecule has 0 fully saturated rings. The number of para-hydroxylation sites is 2. The highest BCUT2D eigenvalue weighted by Crippen LogP contribution is 2.40. The van der Waals surface area contributed by atoms with Crippen molar-refractivity contribution in [2.45, 2.75) is 71.1 Å². The third-order valence-corrected chi connectivity index (χ3v) is 9.81. The van der Waals surface area contributed by atoms with Crippen molar-refractivity contribution < 1.29 is 63.9 Å². The van der Waals surface area contributed by atoms with Crippen molar-refractivity contribution >= 4 is 32.9 Å². The molecule has 7 rings (SSSR count). The summed E-state index contributed by atoms with van der Waals surface area (Å²) in [4.78, 5) is 11.4. The first kappa shape index (κ1) is 44.3. The second kappa shape index (κ2) is 18.2. The average molecular weight is 916 g/mol. The highest BCUT2D eigenvalue weighted by Gasteiger charge is 2.34. The standard InChI is InChI=1S/C30H24F3NO6.C14H13BrF3NO2/c1-16(2)28-24(27(34-40-28)22-6-4-5-7-25(22)39-30(31,32)33)15-37-19-9-11-20(17(3)12-19)18-8-10-21-23(29(35)36)14-38-26(21)13-18;1-8(2)13-10(7-15)12(19-21-13)9-5-3-4-6-11(9)20-14(16,17)18/h4-14,16H,15H2,1-3H3,(H,35,36);3-6,8H,7H2,1-2H3. The topological polar surface area (TPSA) is 130 Å². The number of rotatable bonds is 12. The van der Waals surface area contributed by atoms with E-state index in [1.54, 1.807) is 30.3 Å². The fourth-order valence-electron chi connectivity index (χ4n) is 6.56. The smallest absolute Gasteiger partial charge is 0.489 e. The molecule has 7 aromatic rings. The van der Waals surface area contributed by atoms with E-state index in [2.05, 4.69) is 35.7 Å². The number of furan rings is 1. The lowest BCUT2D eigenvalue weighted by Gasteiger charge is -2.14. The Kier molecular flexibility index (Phi) is 13.2. The van der Waals surface area contributed by atoms with Crippen LogP contribution in [0.2, 0.25) is 0 Å². The van der Waals surface area contributed by atoms with Crippen LogP contribution in [0.3, 0.4) is 0 Å². The van der Waals surface area contributed by atoms with Crippen molar-refractivity contribution in [3.8, 4) is 50.9 Å². The third-order valence-electron chi connectivity index (χ3n) is 9.25. The molecule has 10 nitrogen and oxygen atoms in total. The highest BCUT2D eigenvalue weighted by atomic mass is 79.9. The Bertz CT molecular complexity index is 2640. The van der Waals surface area contributed by atoms with E-state index >= 15 is 0 Å². The molecule has 4 aromatic carbocycles. The number of carbonyl (C=O) groups is 1. The Morgan fingerprint density at radius 2 is 1.28 bits per heavy atom. The van der Waals surface area contributed by atoms with Gasteiger partial charge in [-0.1, -0.05) is 90.3 Å². The first-order valence-electron chi connectivity index (χ1n) is 18.6. The summed E-state index contributed by atoms with van der Waals surface area (Å²) in [5, 5.41) is 18.2. The molecule has 0 amide bonds. The van der Waals surface area contributed by atoms with Gasteiger partial charge in [0.1, 0.15) is 64.2 Å². The molecule has 0 aliphatic carbocycles. The van der Waals surface area contributed by atoms with Crippen LogP contribution in [0, 0.1) is 6.92 Å². The molecule has 0 unspecified atom stereocenters. The number of nitrogens with zero attached hydrogens (tertiary/aromatic N) is 2. The van der Waals surface area contributed by atoms with Crippen LogP contribution in [0.1, 0.15) is 78.1 Å². The van der Waals surface area contributed by atoms with Gasteiger partial charge in [0.05, 0.1) is 5.56 Å². The Morgan fingerprint density at radius 3 is 1.79 bits per heavy atom. The number of halogens is 7. The van der Waals surface area contributed by atoms with Gasteiger partial charge in [-0.2, -0.15) is 0 Å². The van der Waals surface area contributed by atoms with Gasteiger partial charge in [-0.15, -0.1) is 26.3 Å². The SMILES string of the molecule is CC(C)c1onc(-c2ccccc2OC(F)(F)F)c1CBr.Cc1cc(OCc2c(-c3ccccc3OC(F)(F)F)noc2C(C)C)ccc1-c1ccc2c(C(=O)O)coc2c1. The van der Waals surface area contributed by atoms with Crippen LogP contribution in [0.25, 0.3) is 44.6 Å². The maximum absolute atomic E-state index is 13.0. The van der Waals surface area contributed by atoms with E-state index < -0.39 is 18.7 Å². The van der Waals surface area contributed by atoms with Crippen molar-refractivity contribution in [1.29, 1.82) is 0 Å². The van der Waals surface area contributed by atoms with Crippen LogP contribution >= 0.6 is 15.9 Å². The summed E-state index contributed by atoms with van der Waals surface area (Å²) in [6.07, 6.45) is -8.40. The van der Waals surface area contributed by atoms with Gasteiger partial charge in [-0.25, -0.2) is 4.79 Å². The van der Waals surface area contributed by atoms with Crippen LogP contribution < -0.4 is 14.2 Å². The second-order valence-corrected chi connectivity index (χ2v) is 14.8. The fourth-order valence-corrected chi connectivity index (χ4v) is 7.10. The van der Waals surface area contributed by atoms with E-state index in [0.717, 1.165) is 22.3 Å². The van der Waals surface area contributed by atoms with Crippen molar-refractivity contribution in [1.82, 2.24) is 10.3 Å². The van der Waals surface area contributed by atoms with Gasteiger partial charge in [0.15, 0.2) is 0 Å². The summed E-state index contributed by atoms with van der Waals surface area (Å²) < 4.78 is 107. The van der Waals surface area contributed by atoms with E-state index in [1.165, 1.54) is 42.7 Å². The van der Waals surface area contributed by atoms with Crippen LogP contribution in [-0.4, -0.2) is 34.1 Å². The molecule has 3 heterocycles. The van der Waals surface area contributed by atoms with Crippen LogP contribution in [0.5, 0.6) is 17.2 Å². The Morgan fingerprint density at radius 1 is 0.738 bits per heavy atom. The molecule has 0 atom stereocenters. The maximum Gasteiger partial charge on any atom is 0.573 e. The number of carboxylic acid groups (broad SMARTS) is 1. The van der Waals surface area contributed by atoms with E-state index in [4.69, 9.17) is 18.2 Å². The monoisotopic (exact) mass is 914 g/mol. The molecule has 0 aliphatic heterocycles. The van der Waals surface area contributed by atoms with E-state index in [9.17, 15) is 36.2 Å². The molecular formula is C44H37BrF6N2O8. The van der Waals surface area contributed by atoms with Gasteiger partial charge in [0.25, 0.3) is 0 Å². The lowest BCUT2D eigenvalue weighted by molar-refractivity contribution is -0.275. The normalized spacial score (nSPS) is 11.8. The summed E-state index contributed by atoms with van der Waals surface area (Å²) in [7, 11) is 0. The molecule has 17 heteroatoms. The largest absolute Gasteiger partial charge is 0.573 e. The Balaban J connectivity index is 0.000000249. The zero-order valence-electron chi connectivity index (χ0n) is 33.1. The number of hydrogen-bond acceptors (Lipinski definition) is 9. The number of ether oxygens (including phenoxy) is 3. The maximum atomic E-state index is 13.0. The lowest BCUT2D eigenvalue weighted by Crippen LogP contribution is -2.17. The van der Waals surface area contributed by atoms with E-state index in [1.807, 2.05) is 52.8 Å². The van der Waals surface area contributed by atoms with Gasteiger partial charge in [0.2, 0.25) is 0 Å².